The van der Waals surface area contributed by atoms with Gasteiger partial charge in [0.2, 0.25) is 11.8 Å². The third kappa shape index (κ3) is 4.43. The molecule has 0 aliphatic carbocycles. The lowest BCUT2D eigenvalue weighted by atomic mass is 10.0. The van der Waals surface area contributed by atoms with Crippen LogP contribution >= 0.6 is 0 Å². The molecule has 6 heteroatoms. The highest BCUT2D eigenvalue weighted by atomic mass is 16.5. The van der Waals surface area contributed by atoms with Crippen molar-refractivity contribution in [1.82, 2.24) is 15.2 Å². The Morgan fingerprint density at radius 3 is 2.70 bits per heavy atom. The SMILES string of the molecule is CCOc1ncccc1C(=O)NC1CCN(C(=O)C(C)C)CC1. The third-order valence-electron chi connectivity index (χ3n) is 3.93. The van der Waals surface area contributed by atoms with Gasteiger partial charge in [0, 0.05) is 31.2 Å². The van der Waals surface area contributed by atoms with Gasteiger partial charge in [-0.15, -0.1) is 0 Å². The Bertz CT molecular complexity index is 552. The number of piperidine rings is 1. The molecule has 23 heavy (non-hydrogen) atoms. The molecule has 1 aromatic heterocycles. The van der Waals surface area contributed by atoms with Gasteiger partial charge in [-0.05, 0) is 31.9 Å². The highest BCUT2D eigenvalue weighted by Gasteiger charge is 2.26. The van der Waals surface area contributed by atoms with Crippen molar-refractivity contribution in [3.63, 3.8) is 0 Å². The summed E-state index contributed by atoms with van der Waals surface area (Å²) < 4.78 is 5.40. The Labute approximate surface area is 137 Å². The molecule has 1 N–H and O–H groups in total. The van der Waals surface area contributed by atoms with Crippen LogP contribution in [0.1, 0.15) is 44.0 Å². The molecule has 2 amide bonds. The summed E-state index contributed by atoms with van der Waals surface area (Å²) in [5.74, 6) is 0.390. The molecule has 0 aromatic carbocycles. The quantitative estimate of drug-likeness (QED) is 0.899. The third-order valence-corrected chi connectivity index (χ3v) is 3.93. The molecule has 1 fully saturated rings. The molecular formula is C17H25N3O3. The number of likely N-dealkylation sites (tertiary alicyclic amines) is 1. The van der Waals surface area contributed by atoms with E-state index in [0.717, 1.165) is 12.8 Å². The molecule has 0 spiro atoms. The highest BCUT2D eigenvalue weighted by molar-refractivity contribution is 5.96. The summed E-state index contributed by atoms with van der Waals surface area (Å²) in [4.78, 5) is 30.4. The first kappa shape index (κ1) is 17.2. The summed E-state index contributed by atoms with van der Waals surface area (Å²) in [6.45, 7) is 7.52. The van der Waals surface area contributed by atoms with E-state index in [1.807, 2.05) is 25.7 Å². The molecule has 126 valence electrons. The minimum atomic E-state index is -0.171. The first-order chi connectivity index (χ1) is 11.0. The van der Waals surface area contributed by atoms with Crippen molar-refractivity contribution in [2.75, 3.05) is 19.7 Å². The van der Waals surface area contributed by atoms with Gasteiger partial charge >= 0.3 is 0 Å². The zero-order valence-corrected chi connectivity index (χ0v) is 14.0. The number of pyridine rings is 1. The Morgan fingerprint density at radius 1 is 1.39 bits per heavy atom. The molecule has 0 bridgehead atoms. The number of hydrogen-bond donors (Lipinski definition) is 1. The summed E-state index contributed by atoms with van der Waals surface area (Å²) in [7, 11) is 0. The number of rotatable bonds is 5. The van der Waals surface area contributed by atoms with E-state index in [9.17, 15) is 9.59 Å². The van der Waals surface area contributed by atoms with E-state index in [-0.39, 0.29) is 23.8 Å². The van der Waals surface area contributed by atoms with E-state index in [0.29, 0.717) is 31.1 Å². The second kappa shape index (κ2) is 7.94. The number of nitrogens with one attached hydrogen (secondary N) is 1. The second-order valence-electron chi connectivity index (χ2n) is 6.02. The Balaban J connectivity index is 1.92. The lowest BCUT2D eigenvalue weighted by molar-refractivity contribution is -0.135. The number of amides is 2. The molecule has 2 heterocycles. The van der Waals surface area contributed by atoms with Crippen LogP contribution in [0, 0.1) is 5.92 Å². The van der Waals surface area contributed by atoms with Crippen molar-refractivity contribution in [3.8, 4) is 5.88 Å². The zero-order chi connectivity index (χ0) is 16.8. The number of hydrogen-bond acceptors (Lipinski definition) is 4. The first-order valence-electron chi connectivity index (χ1n) is 8.20. The number of ether oxygens (including phenoxy) is 1. The monoisotopic (exact) mass is 319 g/mol. The van der Waals surface area contributed by atoms with Crippen LogP contribution in [0.4, 0.5) is 0 Å². The maximum Gasteiger partial charge on any atom is 0.256 e. The minimum absolute atomic E-state index is 0.0188. The van der Waals surface area contributed by atoms with Gasteiger partial charge in [-0.2, -0.15) is 0 Å². The van der Waals surface area contributed by atoms with Crippen molar-refractivity contribution >= 4 is 11.8 Å². The van der Waals surface area contributed by atoms with E-state index in [4.69, 9.17) is 4.74 Å². The fraction of sp³-hybridized carbons (Fsp3) is 0.588. The van der Waals surface area contributed by atoms with Crippen molar-refractivity contribution in [2.24, 2.45) is 5.92 Å². The molecule has 1 aliphatic heterocycles. The molecule has 1 saturated heterocycles. The Hall–Kier alpha value is -2.11. The predicted molar refractivity (Wildman–Crippen MR) is 87.3 cm³/mol. The Morgan fingerprint density at radius 2 is 2.09 bits per heavy atom. The zero-order valence-electron chi connectivity index (χ0n) is 14.0. The van der Waals surface area contributed by atoms with Gasteiger partial charge in [-0.3, -0.25) is 9.59 Å². The average Bonchev–Trinajstić information content (AvgIpc) is 2.55. The number of nitrogens with zero attached hydrogens (tertiary/aromatic N) is 2. The summed E-state index contributed by atoms with van der Waals surface area (Å²) in [6.07, 6.45) is 3.15. The molecule has 0 unspecified atom stereocenters. The van der Waals surface area contributed by atoms with E-state index >= 15 is 0 Å². The molecule has 0 radical (unpaired) electrons. The van der Waals surface area contributed by atoms with Crippen LogP contribution in [-0.2, 0) is 4.79 Å². The van der Waals surface area contributed by atoms with Gasteiger partial charge in [0.05, 0.1) is 6.61 Å². The van der Waals surface area contributed by atoms with Gasteiger partial charge in [0.25, 0.3) is 5.91 Å². The van der Waals surface area contributed by atoms with Crippen LogP contribution in [-0.4, -0.2) is 47.4 Å². The normalized spacial score (nSPS) is 15.6. The maximum absolute atomic E-state index is 12.4. The summed E-state index contributed by atoms with van der Waals surface area (Å²) in [6, 6.07) is 3.51. The van der Waals surface area contributed by atoms with E-state index in [2.05, 4.69) is 10.3 Å². The average molecular weight is 319 g/mol. The maximum atomic E-state index is 12.4. The van der Waals surface area contributed by atoms with Crippen molar-refractivity contribution in [2.45, 2.75) is 39.7 Å². The molecule has 6 nitrogen and oxygen atoms in total. The molecule has 0 saturated carbocycles. The van der Waals surface area contributed by atoms with Crippen LogP contribution in [0.2, 0.25) is 0 Å². The summed E-state index contributed by atoms with van der Waals surface area (Å²) in [5, 5.41) is 3.03. The van der Waals surface area contributed by atoms with Crippen LogP contribution in [0.25, 0.3) is 0 Å². The van der Waals surface area contributed by atoms with Crippen LogP contribution in [0.3, 0.4) is 0 Å². The van der Waals surface area contributed by atoms with Gasteiger partial charge < -0.3 is 15.0 Å². The summed E-state index contributed by atoms with van der Waals surface area (Å²) >= 11 is 0. The molecule has 0 atom stereocenters. The predicted octanol–water partition coefficient (Wildman–Crippen LogP) is 1.86. The van der Waals surface area contributed by atoms with Crippen LogP contribution in [0.5, 0.6) is 5.88 Å². The van der Waals surface area contributed by atoms with Crippen molar-refractivity contribution in [1.29, 1.82) is 0 Å². The van der Waals surface area contributed by atoms with Gasteiger partial charge in [0.15, 0.2) is 0 Å². The fourth-order valence-corrected chi connectivity index (χ4v) is 2.69. The molecule has 1 aliphatic rings. The molecular weight excluding hydrogens is 294 g/mol. The highest BCUT2D eigenvalue weighted by Crippen LogP contribution is 2.17. The first-order valence-corrected chi connectivity index (χ1v) is 8.20. The van der Waals surface area contributed by atoms with Gasteiger partial charge in [0.1, 0.15) is 5.56 Å². The topological polar surface area (TPSA) is 71.5 Å². The fourth-order valence-electron chi connectivity index (χ4n) is 2.69. The minimum Gasteiger partial charge on any atom is -0.477 e. The smallest absolute Gasteiger partial charge is 0.256 e. The lowest BCUT2D eigenvalue weighted by Gasteiger charge is -2.33. The number of carbonyl (C=O) groups excluding carboxylic acids is 2. The second-order valence-corrected chi connectivity index (χ2v) is 6.02. The van der Waals surface area contributed by atoms with Gasteiger partial charge in [-0.25, -0.2) is 4.98 Å². The number of aromatic nitrogens is 1. The van der Waals surface area contributed by atoms with Crippen LogP contribution < -0.4 is 10.1 Å². The van der Waals surface area contributed by atoms with Crippen molar-refractivity contribution < 1.29 is 14.3 Å². The van der Waals surface area contributed by atoms with Gasteiger partial charge in [-0.1, -0.05) is 13.8 Å². The number of carbonyl (C=O) groups is 2. The van der Waals surface area contributed by atoms with E-state index in [1.165, 1.54) is 0 Å². The molecule has 2 rings (SSSR count). The lowest BCUT2D eigenvalue weighted by Crippen LogP contribution is -2.47. The van der Waals surface area contributed by atoms with E-state index < -0.39 is 0 Å². The molecule has 1 aromatic rings. The van der Waals surface area contributed by atoms with E-state index in [1.54, 1.807) is 18.3 Å². The van der Waals surface area contributed by atoms with Crippen LogP contribution in [0.15, 0.2) is 18.3 Å². The summed E-state index contributed by atoms with van der Waals surface area (Å²) in [5.41, 5.74) is 0.454. The van der Waals surface area contributed by atoms with Crippen molar-refractivity contribution in [3.05, 3.63) is 23.9 Å². The largest absolute Gasteiger partial charge is 0.477 e. The standard InChI is InChI=1S/C17H25N3O3/c1-4-23-16-14(6-5-9-18-16)15(21)19-13-7-10-20(11-8-13)17(22)12(2)3/h5-6,9,12-13H,4,7-8,10-11H2,1-3H3,(H,19,21). The Kier molecular flexibility index (Phi) is 5.96.